The molecule has 1 atom stereocenters. The maximum atomic E-state index is 11.7. The smallest absolute Gasteiger partial charge is 0.407 e. The van der Waals surface area contributed by atoms with E-state index in [2.05, 4.69) is 10.1 Å². The highest BCUT2D eigenvalue weighted by molar-refractivity contribution is 7.18. The molecule has 0 bridgehead atoms. The molecule has 0 aliphatic heterocycles. The van der Waals surface area contributed by atoms with Crippen LogP contribution in [-0.4, -0.2) is 36.1 Å². The number of ketones is 1. The molecule has 0 aromatic carbocycles. The number of methoxy groups -OCH3 is 1. The second-order valence-electron chi connectivity index (χ2n) is 3.26. The fourth-order valence-corrected chi connectivity index (χ4v) is 2.14. The summed E-state index contributed by atoms with van der Waals surface area (Å²) in [6.45, 7) is 0. The minimum atomic E-state index is -1.33. The van der Waals surface area contributed by atoms with Crippen molar-refractivity contribution < 1.29 is 24.2 Å². The van der Waals surface area contributed by atoms with E-state index in [4.69, 9.17) is 16.7 Å². The number of aliphatic carboxylic acids is 1. The van der Waals surface area contributed by atoms with E-state index in [1.807, 2.05) is 0 Å². The van der Waals surface area contributed by atoms with Crippen molar-refractivity contribution in [3.05, 3.63) is 21.3 Å². The summed E-state index contributed by atoms with van der Waals surface area (Å²) in [5, 5.41) is 10.9. The molecule has 1 amide bonds. The van der Waals surface area contributed by atoms with Crippen LogP contribution in [0.2, 0.25) is 4.34 Å². The summed E-state index contributed by atoms with van der Waals surface area (Å²) in [5.41, 5.74) is 0. The number of carbonyl (C=O) groups is 3. The van der Waals surface area contributed by atoms with Crippen molar-refractivity contribution in [3.63, 3.8) is 0 Å². The molecule has 1 rings (SSSR count). The van der Waals surface area contributed by atoms with Crippen molar-refractivity contribution in [2.75, 3.05) is 7.11 Å². The summed E-state index contributed by atoms with van der Waals surface area (Å²) >= 11 is 6.72. The molecule has 0 aliphatic carbocycles. The summed E-state index contributed by atoms with van der Waals surface area (Å²) in [4.78, 5) is 33.9. The van der Waals surface area contributed by atoms with E-state index >= 15 is 0 Å². The summed E-state index contributed by atoms with van der Waals surface area (Å²) in [6.07, 6.45) is -1.26. The van der Waals surface area contributed by atoms with Crippen LogP contribution in [0.5, 0.6) is 0 Å². The van der Waals surface area contributed by atoms with Crippen molar-refractivity contribution in [3.8, 4) is 0 Å². The largest absolute Gasteiger partial charge is 0.480 e. The predicted molar refractivity (Wildman–Crippen MR) is 65.2 cm³/mol. The van der Waals surface area contributed by atoms with Gasteiger partial charge in [0.25, 0.3) is 0 Å². The van der Waals surface area contributed by atoms with Crippen LogP contribution in [0.4, 0.5) is 4.79 Å². The van der Waals surface area contributed by atoms with Crippen LogP contribution >= 0.6 is 22.9 Å². The standard InChI is InChI=1S/C10H10ClNO5S/c1-17-10(16)12-5(9(14)15)4-6(13)7-2-3-8(11)18-7/h2-3,5H,4H2,1H3,(H,12,16)(H,14,15)/t5-/m0/s1. The number of hydrogen-bond donors (Lipinski definition) is 2. The van der Waals surface area contributed by atoms with Crippen LogP contribution < -0.4 is 5.32 Å². The number of amides is 1. The maximum absolute atomic E-state index is 11.7. The summed E-state index contributed by atoms with van der Waals surface area (Å²) in [7, 11) is 1.11. The molecule has 6 nitrogen and oxygen atoms in total. The number of alkyl carbamates (subject to hydrolysis) is 1. The van der Waals surface area contributed by atoms with Crippen molar-refractivity contribution >= 4 is 40.8 Å². The number of carboxylic acid groups (broad SMARTS) is 1. The Bertz CT molecular complexity index is 473. The second kappa shape index (κ2) is 6.36. The SMILES string of the molecule is COC(=O)N[C@@H](CC(=O)c1ccc(Cl)s1)C(=O)O. The molecule has 0 unspecified atom stereocenters. The van der Waals surface area contributed by atoms with Crippen LogP contribution in [-0.2, 0) is 9.53 Å². The van der Waals surface area contributed by atoms with E-state index < -0.39 is 23.9 Å². The number of carboxylic acids is 1. The molecule has 18 heavy (non-hydrogen) atoms. The third kappa shape index (κ3) is 4.01. The predicted octanol–water partition coefficient (Wildman–Crippen LogP) is 1.78. The first-order chi connectivity index (χ1) is 8.43. The molecule has 0 fully saturated rings. The van der Waals surface area contributed by atoms with E-state index in [0.29, 0.717) is 9.21 Å². The van der Waals surface area contributed by atoms with Gasteiger partial charge in [-0.05, 0) is 12.1 Å². The maximum Gasteiger partial charge on any atom is 0.407 e. The zero-order chi connectivity index (χ0) is 13.7. The van der Waals surface area contributed by atoms with E-state index in [9.17, 15) is 14.4 Å². The van der Waals surface area contributed by atoms with Crippen LogP contribution in [0.3, 0.4) is 0 Å². The van der Waals surface area contributed by atoms with Crippen LogP contribution in [0, 0.1) is 0 Å². The molecule has 8 heteroatoms. The molecule has 1 aromatic heterocycles. The van der Waals surface area contributed by atoms with E-state index in [0.717, 1.165) is 18.4 Å². The van der Waals surface area contributed by atoms with Gasteiger partial charge in [-0.2, -0.15) is 0 Å². The first kappa shape index (κ1) is 14.5. The molecule has 0 radical (unpaired) electrons. The number of rotatable bonds is 5. The van der Waals surface area contributed by atoms with Crippen molar-refractivity contribution in [1.29, 1.82) is 0 Å². The molecule has 1 aromatic rings. The normalized spacial score (nSPS) is 11.7. The zero-order valence-corrected chi connectivity index (χ0v) is 10.9. The molecule has 2 N–H and O–H groups in total. The van der Waals surface area contributed by atoms with Gasteiger partial charge in [0, 0.05) is 6.42 Å². The first-order valence-electron chi connectivity index (χ1n) is 4.80. The zero-order valence-electron chi connectivity index (χ0n) is 9.31. The van der Waals surface area contributed by atoms with Crippen LogP contribution in [0.25, 0.3) is 0 Å². The Labute approximate surface area is 112 Å². The van der Waals surface area contributed by atoms with Gasteiger partial charge in [-0.25, -0.2) is 9.59 Å². The minimum Gasteiger partial charge on any atom is -0.480 e. The van der Waals surface area contributed by atoms with E-state index in [1.54, 1.807) is 6.07 Å². The van der Waals surface area contributed by atoms with Crippen LogP contribution in [0.1, 0.15) is 16.1 Å². The van der Waals surface area contributed by atoms with E-state index in [1.165, 1.54) is 6.07 Å². The van der Waals surface area contributed by atoms with Gasteiger partial charge >= 0.3 is 12.1 Å². The number of halogens is 1. The Hall–Kier alpha value is -1.60. The minimum absolute atomic E-state index is 0.345. The molecule has 0 saturated carbocycles. The lowest BCUT2D eigenvalue weighted by molar-refractivity contribution is -0.139. The van der Waals surface area contributed by atoms with Gasteiger partial charge in [-0.1, -0.05) is 11.6 Å². The Morgan fingerprint density at radius 1 is 1.50 bits per heavy atom. The average Bonchev–Trinajstić information content (AvgIpc) is 2.74. The topological polar surface area (TPSA) is 92.7 Å². The quantitative estimate of drug-likeness (QED) is 0.807. The number of Topliss-reactive ketones (excluding diaryl/α,β-unsaturated/α-hetero) is 1. The fourth-order valence-electron chi connectivity index (χ4n) is 1.15. The molecular formula is C10H10ClNO5S. The average molecular weight is 292 g/mol. The van der Waals surface area contributed by atoms with Gasteiger partial charge in [0.15, 0.2) is 5.78 Å². The molecular weight excluding hydrogens is 282 g/mol. The summed E-state index contributed by atoms with van der Waals surface area (Å²) < 4.78 is 4.72. The lowest BCUT2D eigenvalue weighted by Crippen LogP contribution is -2.42. The summed E-state index contributed by atoms with van der Waals surface area (Å²) in [6, 6.07) is 1.72. The molecule has 0 saturated heterocycles. The Kier molecular flexibility index (Phi) is 5.11. The van der Waals surface area contributed by atoms with Gasteiger partial charge < -0.3 is 15.2 Å². The van der Waals surface area contributed by atoms with Crippen molar-refractivity contribution in [2.24, 2.45) is 0 Å². The number of carbonyl (C=O) groups excluding carboxylic acids is 2. The number of thiophene rings is 1. The van der Waals surface area contributed by atoms with Gasteiger partial charge in [-0.3, -0.25) is 4.79 Å². The fraction of sp³-hybridized carbons (Fsp3) is 0.300. The number of hydrogen-bond acceptors (Lipinski definition) is 5. The van der Waals surface area contributed by atoms with E-state index in [-0.39, 0.29) is 6.42 Å². The molecule has 0 spiro atoms. The van der Waals surface area contributed by atoms with Crippen molar-refractivity contribution in [2.45, 2.75) is 12.5 Å². The number of nitrogens with one attached hydrogen (secondary N) is 1. The monoisotopic (exact) mass is 291 g/mol. The first-order valence-corrected chi connectivity index (χ1v) is 5.99. The molecule has 0 aliphatic rings. The third-order valence-corrected chi connectivity index (χ3v) is 3.29. The van der Waals surface area contributed by atoms with Gasteiger partial charge in [0.05, 0.1) is 16.3 Å². The molecule has 1 heterocycles. The van der Waals surface area contributed by atoms with Crippen LogP contribution in [0.15, 0.2) is 12.1 Å². The second-order valence-corrected chi connectivity index (χ2v) is 4.97. The highest BCUT2D eigenvalue weighted by Gasteiger charge is 2.24. The van der Waals surface area contributed by atoms with Gasteiger partial charge in [0.1, 0.15) is 6.04 Å². The molecule has 98 valence electrons. The lowest BCUT2D eigenvalue weighted by atomic mass is 10.1. The number of ether oxygens (including phenoxy) is 1. The summed E-state index contributed by atoms with van der Waals surface area (Å²) in [5.74, 6) is -1.72. The van der Waals surface area contributed by atoms with Gasteiger partial charge in [-0.15, -0.1) is 11.3 Å². The Morgan fingerprint density at radius 2 is 2.17 bits per heavy atom. The third-order valence-electron chi connectivity index (χ3n) is 2.01. The highest BCUT2D eigenvalue weighted by Crippen LogP contribution is 2.22. The van der Waals surface area contributed by atoms with Crippen molar-refractivity contribution in [1.82, 2.24) is 5.32 Å². The Balaban J connectivity index is 2.69. The van der Waals surface area contributed by atoms with Gasteiger partial charge in [0.2, 0.25) is 0 Å². The lowest BCUT2D eigenvalue weighted by Gasteiger charge is -2.11. The Morgan fingerprint density at radius 3 is 2.61 bits per heavy atom. The highest BCUT2D eigenvalue weighted by atomic mass is 35.5.